The van der Waals surface area contributed by atoms with Gasteiger partial charge in [-0.1, -0.05) is 29.8 Å². The fraction of sp³-hybridized carbons (Fsp3) is 0.294. The number of nitrogens with zero attached hydrogens (tertiary/aromatic N) is 2. The van der Waals surface area contributed by atoms with E-state index in [0.29, 0.717) is 11.5 Å². The Kier molecular flexibility index (Phi) is 5.03. The normalized spacial score (nSPS) is 17.4. The highest BCUT2D eigenvalue weighted by atomic mass is 35.5. The van der Waals surface area contributed by atoms with Gasteiger partial charge in [0, 0.05) is 43.7 Å². The van der Waals surface area contributed by atoms with Crippen LogP contribution in [0.5, 0.6) is 0 Å². The van der Waals surface area contributed by atoms with Crippen LogP contribution in [0.3, 0.4) is 0 Å². The minimum atomic E-state index is -0.300. The summed E-state index contributed by atoms with van der Waals surface area (Å²) in [5.41, 5.74) is 1.55. The molecule has 0 aliphatic heterocycles. The summed E-state index contributed by atoms with van der Waals surface area (Å²) in [5.74, 6) is -0.176. The second-order valence-corrected chi connectivity index (χ2v) is 5.71. The number of allylic oxidation sites excluding steroid dienone is 2. The van der Waals surface area contributed by atoms with E-state index in [1.165, 1.54) is 13.8 Å². The predicted molar refractivity (Wildman–Crippen MR) is 88.5 cm³/mol. The summed E-state index contributed by atoms with van der Waals surface area (Å²) in [6, 6.07) is 9.10. The van der Waals surface area contributed by atoms with Crippen molar-refractivity contribution >= 4 is 29.1 Å². The second-order valence-electron chi connectivity index (χ2n) is 5.23. The highest BCUT2D eigenvalue weighted by Gasteiger charge is 2.31. The maximum absolute atomic E-state index is 12.2. The van der Waals surface area contributed by atoms with Gasteiger partial charge < -0.3 is 9.80 Å². The number of carbonyl (C=O) groups is 2. The maximum atomic E-state index is 12.2. The largest absolute Gasteiger partial charge is 0.317 e. The van der Waals surface area contributed by atoms with E-state index in [9.17, 15) is 9.59 Å². The van der Waals surface area contributed by atoms with Crippen LogP contribution in [0, 0.1) is 0 Å². The molecule has 1 aromatic rings. The van der Waals surface area contributed by atoms with E-state index in [1.807, 2.05) is 30.3 Å². The average Bonchev–Trinajstić information content (AvgIpc) is 2.47. The summed E-state index contributed by atoms with van der Waals surface area (Å²) in [7, 11) is 1.71. The number of anilines is 1. The number of carbonyl (C=O) groups excluding carboxylic acids is 2. The zero-order chi connectivity index (χ0) is 16.3. The number of hydrogen-bond acceptors (Lipinski definition) is 2. The maximum Gasteiger partial charge on any atom is 0.224 e. The average molecular weight is 319 g/mol. The number of para-hydroxylation sites is 1. The summed E-state index contributed by atoms with van der Waals surface area (Å²) in [5, 5.41) is 0.660. The van der Waals surface area contributed by atoms with E-state index < -0.39 is 0 Å². The van der Waals surface area contributed by atoms with Crippen LogP contribution in [0.25, 0.3) is 0 Å². The predicted octanol–water partition coefficient (Wildman–Crippen LogP) is 3.30. The first-order chi connectivity index (χ1) is 10.4. The van der Waals surface area contributed by atoms with Crippen molar-refractivity contribution in [2.75, 3.05) is 11.9 Å². The molecule has 0 heterocycles. The number of amides is 2. The molecule has 0 N–H and O–H groups in total. The summed E-state index contributed by atoms with van der Waals surface area (Å²) in [6.45, 7) is 3.02. The molecule has 2 amide bonds. The Labute approximate surface area is 135 Å². The summed E-state index contributed by atoms with van der Waals surface area (Å²) in [6.07, 6.45) is 4.06. The molecule has 0 bridgehead atoms. The second kappa shape index (κ2) is 6.79. The molecule has 0 saturated heterocycles. The van der Waals surface area contributed by atoms with Gasteiger partial charge in [-0.05, 0) is 24.3 Å². The Morgan fingerprint density at radius 2 is 1.73 bits per heavy atom. The Morgan fingerprint density at radius 3 is 2.27 bits per heavy atom. The molecule has 1 aliphatic carbocycles. The van der Waals surface area contributed by atoms with Gasteiger partial charge in [-0.3, -0.25) is 9.59 Å². The standard InChI is InChI=1S/C17H19ClN2O2/c1-12(21)19(3)16-10-9-14(18)11-17(16)20(13(2)22)15-7-5-4-6-8-15/h4-10,17H,11H2,1-3H3. The van der Waals surface area contributed by atoms with Gasteiger partial charge in [0.1, 0.15) is 0 Å². The van der Waals surface area contributed by atoms with Crippen LogP contribution in [-0.4, -0.2) is 29.8 Å². The highest BCUT2D eigenvalue weighted by molar-refractivity contribution is 6.29. The number of rotatable bonds is 3. The quantitative estimate of drug-likeness (QED) is 0.858. The van der Waals surface area contributed by atoms with Crippen molar-refractivity contribution in [2.24, 2.45) is 0 Å². The molecule has 2 rings (SSSR count). The van der Waals surface area contributed by atoms with E-state index in [4.69, 9.17) is 11.6 Å². The van der Waals surface area contributed by atoms with Gasteiger partial charge in [0.25, 0.3) is 0 Å². The van der Waals surface area contributed by atoms with Crippen LogP contribution in [0.1, 0.15) is 20.3 Å². The van der Waals surface area contributed by atoms with Gasteiger partial charge in [0.05, 0.1) is 6.04 Å². The molecular formula is C17H19ClN2O2. The van der Waals surface area contributed by atoms with E-state index in [1.54, 1.807) is 29.0 Å². The molecule has 22 heavy (non-hydrogen) atoms. The van der Waals surface area contributed by atoms with Crippen molar-refractivity contribution in [3.8, 4) is 0 Å². The van der Waals surface area contributed by atoms with Crippen molar-refractivity contribution in [3.63, 3.8) is 0 Å². The van der Waals surface area contributed by atoms with E-state index >= 15 is 0 Å². The molecule has 0 aromatic heterocycles. The van der Waals surface area contributed by atoms with Crippen molar-refractivity contribution in [3.05, 3.63) is 53.2 Å². The first-order valence-corrected chi connectivity index (χ1v) is 7.45. The van der Waals surface area contributed by atoms with Gasteiger partial charge in [-0.25, -0.2) is 0 Å². The van der Waals surface area contributed by atoms with Gasteiger partial charge in [-0.15, -0.1) is 0 Å². The zero-order valence-corrected chi connectivity index (χ0v) is 13.7. The van der Waals surface area contributed by atoms with Gasteiger partial charge in [0.2, 0.25) is 11.8 Å². The molecule has 1 unspecified atom stereocenters. The first-order valence-electron chi connectivity index (χ1n) is 7.07. The molecule has 5 heteroatoms. The Morgan fingerprint density at radius 1 is 1.09 bits per heavy atom. The third-order valence-corrected chi connectivity index (χ3v) is 3.99. The SMILES string of the molecule is CC(=O)N(C)C1=CC=C(Cl)CC1N(C(C)=O)c1ccccc1. The van der Waals surface area contributed by atoms with Crippen LogP contribution in [0.4, 0.5) is 5.69 Å². The molecular weight excluding hydrogens is 300 g/mol. The lowest BCUT2D eigenvalue weighted by atomic mass is 10.0. The van der Waals surface area contributed by atoms with E-state index in [0.717, 1.165) is 11.4 Å². The lowest BCUT2D eigenvalue weighted by molar-refractivity contribution is -0.126. The third-order valence-electron chi connectivity index (χ3n) is 3.71. The van der Waals surface area contributed by atoms with E-state index in [2.05, 4.69) is 0 Å². The molecule has 0 saturated carbocycles. The summed E-state index contributed by atoms with van der Waals surface area (Å²) < 4.78 is 0. The first kappa shape index (κ1) is 16.3. The Hall–Kier alpha value is -2.07. The molecule has 1 atom stereocenters. The molecule has 1 aromatic carbocycles. The third kappa shape index (κ3) is 3.39. The van der Waals surface area contributed by atoms with Crippen molar-refractivity contribution in [1.29, 1.82) is 0 Å². The van der Waals surface area contributed by atoms with Crippen LogP contribution in [0.15, 0.2) is 53.2 Å². The smallest absolute Gasteiger partial charge is 0.224 e. The van der Waals surface area contributed by atoms with Crippen LogP contribution in [0.2, 0.25) is 0 Å². The van der Waals surface area contributed by atoms with Gasteiger partial charge in [-0.2, -0.15) is 0 Å². The minimum Gasteiger partial charge on any atom is -0.317 e. The molecule has 0 spiro atoms. The molecule has 0 radical (unpaired) electrons. The fourth-order valence-corrected chi connectivity index (χ4v) is 2.76. The van der Waals surface area contributed by atoms with Crippen molar-refractivity contribution < 1.29 is 9.59 Å². The minimum absolute atomic E-state index is 0.0840. The van der Waals surface area contributed by atoms with Gasteiger partial charge in [0.15, 0.2) is 0 Å². The molecule has 0 fully saturated rings. The summed E-state index contributed by atoms with van der Waals surface area (Å²) >= 11 is 6.17. The number of hydrogen-bond donors (Lipinski definition) is 0. The highest BCUT2D eigenvalue weighted by Crippen LogP contribution is 2.31. The Balaban J connectivity index is 2.45. The van der Waals surface area contributed by atoms with Crippen molar-refractivity contribution in [1.82, 2.24) is 4.90 Å². The van der Waals surface area contributed by atoms with Crippen molar-refractivity contribution in [2.45, 2.75) is 26.3 Å². The lowest BCUT2D eigenvalue weighted by Crippen LogP contribution is -2.45. The molecule has 116 valence electrons. The van der Waals surface area contributed by atoms with Crippen LogP contribution < -0.4 is 4.90 Å². The van der Waals surface area contributed by atoms with Gasteiger partial charge >= 0.3 is 0 Å². The number of halogens is 1. The fourth-order valence-electron chi connectivity index (χ4n) is 2.55. The van der Waals surface area contributed by atoms with Crippen LogP contribution in [-0.2, 0) is 9.59 Å². The Bertz CT molecular complexity index is 637. The topological polar surface area (TPSA) is 40.6 Å². The molecule has 1 aliphatic rings. The summed E-state index contributed by atoms with van der Waals surface area (Å²) in [4.78, 5) is 27.2. The monoisotopic (exact) mass is 318 g/mol. The lowest BCUT2D eigenvalue weighted by Gasteiger charge is -2.37. The number of benzene rings is 1. The number of likely N-dealkylation sites (N-methyl/N-ethyl adjacent to an activating group) is 1. The van der Waals surface area contributed by atoms with E-state index in [-0.39, 0.29) is 17.9 Å². The molecule has 4 nitrogen and oxygen atoms in total. The zero-order valence-electron chi connectivity index (χ0n) is 12.9. The van der Waals surface area contributed by atoms with Crippen LogP contribution >= 0.6 is 11.6 Å².